The molecular weight excluding hydrogens is 390 g/mol. The third kappa shape index (κ3) is 4.62. The average molecular weight is 414 g/mol. The van der Waals surface area contributed by atoms with Gasteiger partial charge in [0.25, 0.3) is 0 Å². The fourth-order valence-corrected chi connectivity index (χ4v) is 5.26. The number of hydrogen-bond donors (Lipinski definition) is 1. The van der Waals surface area contributed by atoms with Gasteiger partial charge in [-0.25, -0.2) is 9.97 Å². The highest BCUT2D eigenvalue weighted by atomic mass is 32.2. The van der Waals surface area contributed by atoms with Crippen LogP contribution in [-0.4, -0.2) is 39.7 Å². The van der Waals surface area contributed by atoms with E-state index in [0.717, 1.165) is 39.2 Å². The van der Waals surface area contributed by atoms with Crippen LogP contribution in [0.25, 0.3) is 10.3 Å². The Bertz CT molecular complexity index is 946. The third-order valence-corrected chi connectivity index (χ3v) is 6.98. The first kappa shape index (κ1) is 19.1. The molecule has 0 saturated carbocycles. The zero-order valence-electron chi connectivity index (χ0n) is 15.8. The number of nitrogens with zero attached hydrogens (tertiary/aromatic N) is 4. The van der Waals surface area contributed by atoms with Gasteiger partial charge in [0.15, 0.2) is 10.8 Å². The maximum atomic E-state index is 12.2. The van der Waals surface area contributed by atoms with Gasteiger partial charge in [-0.1, -0.05) is 60.4 Å². The van der Waals surface area contributed by atoms with Crippen LogP contribution < -0.4 is 10.2 Å². The van der Waals surface area contributed by atoms with E-state index >= 15 is 0 Å². The predicted molar refractivity (Wildman–Crippen MR) is 115 cm³/mol. The summed E-state index contributed by atoms with van der Waals surface area (Å²) in [5.74, 6) is 1.01. The molecule has 1 aliphatic heterocycles. The molecule has 1 saturated heterocycles. The van der Waals surface area contributed by atoms with E-state index in [2.05, 4.69) is 27.1 Å². The van der Waals surface area contributed by atoms with E-state index in [4.69, 9.17) is 4.98 Å². The van der Waals surface area contributed by atoms with Gasteiger partial charge in [0.1, 0.15) is 16.1 Å². The quantitative estimate of drug-likeness (QED) is 0.490. The Morgan fingerprint density at radius 1 is 1.32 bits per heavy atom. The van der Waals surface area contributed by atoms with Crippen molar-refractivity contribution in [3.8, 4) is 0 Å². The van der Waals surface area contributed by atoms with Gasteiger partial charge in [0.2, 0.25) is 5.91 Å². The molecule has 0 aliphatic carbocycles. The van der Waals surface area contributed by atoms with Crippen LogP contribution in [0.1, 0.15) is 25.3 Å². The number of amides is 1. The molecule has 1 N–H and O–H groups in total. The molecule has 3 heterocycles. The van der Waals surface area contributed by atoms with Gasteiger partial charge in [-0.2, -0.15) is 4.98 Å². The van der Waals surface area contributed by atoms with E-state index in [1.807, 2.05) is 30.3 Å². The van der Waals surface area contributed by atoms with E-state index in [9.17, 15) is 4.79 Å². The second-order valence-electron chi connectivity index (χ2n) is 7.07. The lowest BCUT2D eigenvalue weighted by Gasteiger charge is -2.30. The number of anilines is 1. The lowest BCUT2D eigenvalue weighted by Crippen LogP contribution is -2.34. The van der Waals surface area contributed by atoms with E-state index < -0.39 is 0 Å². The molecule has 0 radical (unpaired) electrons. The molecule has 1 aliphatic rings. The number of rotatable bonds is 6. The molecule has 8 heteroatoms. The Balaban J connectivity index is 1.40. The minimum absolute atomic E-state index is 0.00444. The first-order chi connectivity index (χ1) is 13.7. The molecular formula is C20H23N5OS2. The van der Waals surface area contributed by atoms with Crippen LogP contribution in [-0.2, 0) is 11.3 Å². The largest absolute Gasteiger partial charge is 0.351 e. The number of thiazole rings is 1. The van der Waals surface area contributed by atoms with E-state index in [0.29, 0.717) is 18.2 Å². The second kappa shape index (κ2) is 8.87. The van der Waals surface area contributed by atoms with Crippen LogP contribution in [0.2, 0.25) is 0 Å². The number of hydrogen-bond acceptors (Lipinski definition) is 7. The van der Waals surface area contributed by atoms with Crippen LogP contribution in [0.5, 0.6) is 0 Å². The van der Waals surface area contributed by atoms with Gasteiger partial charge in [0, 0.05) is 19.6 Å². The SMILES string of the molecule is C[C@H]1CCCN(c2nc3ncnc(SCC(=O)NCc4ccccc4)c3s2)C1. The lowest BCUT2D eigenvalue weighted by molar-refractivity contribution is -0.118. The van der Waals surface area contributed by atoms with Crippen LogP contribution >= 0.6 is 23.1 Å². The molecule has 0 spiro atoms. The molecule has 0 bridgehead atoms. The first-order valence-corrected chi connectivity index (χ1v) is 11.3. The first-order valence-electron chi connectivity index (χ1n) is 9.49. The van der Waals surface area contributed by atoms with Crippen molar-refractivity contribution < 1.29 is 4.79 Å². The summed E-state index contributed by atoms with van der Waals surface area (Å²) in [6.45, 7) is 4.91. The monoisotopic (exact) mass is 413 g/mol. The summed E-state index contributed by atoms with van der Waals surface area (Å²) >= 11 is 3.07. The Kier molecular flexibility index (Phi) is 6.07. The minimum atomic E-state index is -0.00444. The molecule has 4 rings (SSSR count). The van der Waals surface area contributed by atoms with Crippen LogP contribution in [0.15, 0.2) is 41.7 Å². The second-order valence-corrected chi connectivity index (χ2v) is 9.01. The minimum Gasteiger partial charge on any atom is -0.351 e. The summed E-state index contributed by atoms with van der Waals surface area (Å²) in [4.78, 5) is 28.0. The van der Waals surface area contributed by atoms with Gasteiger partial charge in [0.05, 0.1) is 5.75 Å². The summed E-state index contributed by atoms with van der Waals surface area (Å²) in [5.41, 5.74) is 1.81. The smallest absolute Gasteiger partial charge is 0.230 e. The Hall–Kier alpha value is -2.19. The van der Waals surface area contributed by atoms with Crippen LogP contribution in [0.3, 0.4) is 0 Å². The molecule has 1 amide bonds. The summed E-state index contributed by atoms with van der Waals surface area (Å²) in [5, 5.41) is 4.79. The Labute approximate surface area is 172 Å². The summed E-state index contributed by atoms with van der Waals surface area (Å²) in [6.07, 6.45) is 4.02. The third-order valence-electron chi connectivity index (χ3n) is 4.75. The molecule has 146 valence electrons. The summed E-state index contributed by atoms with van der Waals surface area (Å²) < 4.78 is 0.969. The highest BCUT2D eigenvalue weighted by Gasteiger charge is 2.21. The highest BCUT2D eigenvalue weighted by molar-refractivity contribution is 8.00. The normalized spacial score (nSPS) is 17.0. The number of benzene rings is 1. The van der Waals surface area contributed by atoms with Gasteiger partial charge < -0.3 is 10.2 Å². The zero-order valence-corrected chi connectivity index (χ0v) is 17.4. The number of fused-ring (bicyclic) bond motifs is 1. The van der Waals surface area contributed by atoms with Crippen LogP contribution in [0, 0.1) is 5.92 Å². The number of piperidine rings is 1. The number of thioether (sulfide) groups is 1. The van der Waals surface area contributed by atoms with Gasteiger partial charge in [-0.15, -0.1) is 0 Å². The standard InChI is InChI=1S/C20H23N5OS2/c1-14-6-5-9-25(11-14)20-24-18-17(28-20)19(23-13-22-18)27-12-16(26)21-10-15-7-3-2-4-8-15/h2-4,7-8,13-14H,5-6,9-12H2,1H3,(H,21,26)/t14-/m0/s1. The molecule has 1 atom stereocenters. The topological polar surface area (TPSA) is 71.0 Å². The molecule has 1 fully saturated rings. The van der Waals surface area contributed by atoms with Crippen molar-refractivity contribution in [3.05, 3.63) is 42.2 Å². The highest BCUT2D eigenvalue weighted by Crippen LogP contribution is 2.35. The number of aromatic nitrogens is 3. The Morgan fingerprint density at radius 3 is 3.00 bits per heavy atom. The number of carbonyl (C=O) groups excluding carboxylic acids is 1. The van der Waals surface area contributed by atoms with Crippen molar-refractivity contribution in [2.45, 2.75) is 31.3 Å². The van der Waals surface area contributed by atoms with Crippen molar-refractivity contribution >= 4 is 44.5 Å². The molecule has 28 heavy (non-hydrogen) atoms. The Morgan fingerprint density at radius 2 is 2.18 bits per heavy atom. The van der Waals surface area contributed by atoms with Crippen molar-refractivity contribution in [1.82, 2.24) is 20.3 Å². The van der Waals surface area contributed by atoms with Gasteiger partial charge >= 0.3 is 0 Å². The molecule has 0 unspecified atom stereocenters. The number of carbonyl (C=O) groups is 1. The lowest BCUT2D eigenvalue weighted by atomic mass is 10.0. The predicted octanol–water partition coefficient (Wildman–Crippen LogP) is 3.73. The van der Waals surface area contributed by atoms with Crippen molar-refractivity contribution in [3.63, 3.8) is 0 Å². The molecule has 2 aromatic heterocycles. The maximum Gasteiger partial charge on any atom is 0.230 e. The molecule has 6 nitrogen and oxygen atoms in total. The summed E-state index contributed by atoms with van der Waals surface area (Å²) in [6, 6.07) is 9.91. The number of nitrogens with one attached hydrogen (secondary N) is 1. The zero-order chi connectivity index (χ0) is 19.3. The van der Waals surface area contributed by atoms with Crippen molar-refractivity contribution in [1.29, 1.82) is 0 Å². The van der Waals surface area contributed by atoms with E-state index in [1.54, 1.807) is 11.3 Å². The molecule has 1 aromatic carbocycles. The van der Waals surface area contributed by atoms with E-state index in [1.165, 1.54) is 30.9 Å². The van der Waals surface area contributed by atoms with Crippen molar-refractivity contribution in [2.24, 2.45) is 5.92 Å². The average Bonchev–Trinajstić information content (AvgIpc) is 3.16. The molecule has 3 aromatic rings. The van der Waals surface area contributed by atoms with Crippen molar-refractivity contribution in [2.75, 3.05) is 23.7 Å². The van der Waals surface area contributed by atoms with Gasteiger partial charge in [-0.3, -0.25) is 4.79 Å². The fourth-order valence-electron chi connectivity index (χ4n) is 3.31. The van der Waals surface area contributed by atoms with E-state index in [-0.39, 0.29) is 5.91 Å². The maximum absolute atomic E-state index is 12.2. The summed E-state index contributed by atoms with van der Waals surface area (Å²) in [7, 11) is 0. The fraction of sp³-hybridized carbons (Fsp3) is 0.400. The van der Waals surface area contributed by atoms with Gasteiger partial charge in [-0.05, 0) is 24.3 Å². The van der Waals surface area contributed by atoms with Crippen LogP contribution in [0.4, 0.5) is 5.13 Å².